The highest BCUT2D eigenvalue weighted by Gasteiger charge is 2.11. The first kappa shape index (κ1) is 13.6. The summed E-state index contributed by atoms with van der Waals surface area (Å²) in [5.41, 5.74) is 0.696. The molecule has 1 saturated heterocycles. The van der Waals surface area contributed by atoms with Crippen molar-refractivity contribution in [2.45, 2.75) is 19.8 Å². The van der Waals surface area contributed by atoms with Gasteiger partial charge in [-0.2, -0.15) is 0 Å². The molecular weight excluding hydrogens is 294 g/mol. The maximum atomic E-state index is 11.3. The fraction of sp³-hybridized carbons (Fsp3) is 0.500. The lowest BCUT2D eigenvalue weighted by Gasteiger charge is -2.15. The van der Waals surface area contributed by atoms with E-state index in [9.17, 15) is 4.79 Å². The molecular formula is C14H18BrNO2. The summed E-state index contributed by atoms with van der Waals surface area (Å²) in [6.07, 6.45) is 2.61. The maximum absolute atomic E-state index is 11.3. The number of nitrogens with zero attached hydrogens (tertiary/aromatic N) is 1. The van der Waals surface area contributed by atoms with Gasteiger partial charge in [0, 0.05) is 16.6 Å². The Bertz CT molecular complexity index is 428. The number of likely N-dealkylation sites (tertiary alicyclic amines) is 1. The fourth-order valence-corrected chi connectivity index (χ4v) is 2.81. The van der Waals surface area contributed by atoms with Gasteiger partial charge in [-0.3, -0.25) is 9.69 Å². The number of Topliss-reactive ketones (excluding diaryl/α,β-unsaturated/α-hetero) is 1. The highest BCUT2D eigenvalue weighted by atomic mass is 79.9. The average molecular weight is 312 g/mol. The smallest absolute Gasteiger partial charge is 0.160 e. The standard InChI is InChI=1S/C14H18BrNO2/c1-11(17)13-5-4-12(10-14(13)15)18-9-8-16-6-2-3-7-16/h4-5,10H,2-3,6-9H2,1H3. The fourth-order valence-electron chi connectivity index (χ4n) is 2.17. The molecule has 1 aromatic carbocycles. The first-order chi connectivity index (χ1) is 8.66. The molecule has 0 spiro atoms. The second-order valence-corrected chi connectivity index (χ2v) is 5.45. The van der Waals surface area contributed by atoms with Crippen LogP contribution in [0.3, 0.4) is 0 Å². The zero-order valence-corrected chi connectivity index (χ0v) is 12.2. The second kappa shape index (κ2) is 6.34. The van der Waals surface area contributed by atoms with Gasteiger partial charge in [-0.25, -0.2) is 0 Å². The van der Waals surface area contributed by atoms with Gasteiger partial charge in [0.1, 0.15) is 12.4 Å². The Kier molecular flexibility index (Phi) is 4.78. The van der Waals surface area contributed by atoms with Crippen molar-refractivity contribution < 1.29 is 9.53 Å². The monoisotopic (exact) mass is 311 g/mol. The number of hydrogen-bond donors (Lipinski definition) is 0. The molecule has 3 nitrogen and oxygen atoms in total. The molecule has 0 radical (unpaired) electrons. The molecule has 1 aliphatic heterocycles. The van der Waals surface area contributed by atoms with Gasteiger partial charge >= 0.3 is 0 Å². The van der Waals surface area contributed by atoms with Crippen LogP contribution in [0.2, 0.25) is 0 Å². The van der Waals surface area contributed by atoms with E-state index in [4.69, 9.17) is 4.74 Å². The van der Waals surface area contributed by atoms with E-state index in [1.807, 2.05) is 12.1 Å². The van der Waals surface area contributed by atoms with E-state index in [0.29, 0.717) is 12.2 Å². The molecule has 0 amide bonds. The van der Waals surface area contributed by atoms with Gasteiger partial charge in [-0.05, 0) is 67.0 Å². The van der Waals surface area contributed by atoms with E-state index in [-0.39, 0.29) is 5.78 Å². The molecule has 0 saturated carbocycles. The average Bonchev–Trinajstić information content (AvgIpc) is 2.81. The van der Waals surface area contributed by atoms with Gasteiger partial charge in [0.05, 0.1) is 0 Å². The van der Waals surface area contributed by atoms with Crippen molar-refractivity contribution in [2.24, 2.45) is 0 Å². The number of halogens is 1. The summed E-state index contributed by atoms with van der Waals surface area (Å²) < 4.78 is 6.50. The van der Waals surface area contributed by atoms with Crippen LogP contribution in [0, 0.1) is 0 Å². The SMILES string of the molecule is CC(=O)c1ccc(OCCN2CCCC2)cc1Br. The molecule has 0 aromatic heterocycles. The van der Waals surface area contributed by atoms with E-state index in [1.54, 1.807) is 13.0 Å². The predicted molar refractivity (Wildman–Crippen MR) is 75.3 cm³/mol. The molecule has 2 rings (SSSR count). The number of carbonyl (C=O) groups is 1. The molecule has 0 N–H and O–H groups in total. The van der Waals surface area contributed by atoms with Crippen molar-refractivity contribution in [3.8, 4) is 5.75 Å². The summed E-state index contributed by atoms with van der Waals surface area (Å²) in [4.78, 5) is 13.7. The molecule has 0 atom stereocenters. The largest absolute Gasteiger partial charge is 0.492 e. The number of carbonyl (C=O) groups excluding carboxylic acids is 1. The third-order valence-corrected chi connectivity index (χ3v) is 3.85. The zero-order chi connectivity index (χ0) is 13.0. The van der Waals surface area contributed by atoms with Crippen molar-refractivity contribution in [1.29, 1.82) is 0 Å². The van der Waals surface area contributed by atoms with Crippen LogP contribution in [0.25, 0.3) is 0 Å². The summed E-state index contributed by atoms with van der Waals surface area (Å²) in [6.45, 7) is 5.62. The molecule has 1 aromatic rings. The van der Waals surface area contributed by atoms with Crippen molar-refractivity contribution >= 4 is 21.7 Å². The quantitative estimate of drug-likeness (QED) is 0.782. The highest BCUT2D eigenvalue weighted by molar-refractivity contribution is 9.10. The summed E-state index contributed by atoms with van der Waals surface area (Å²) in [6, 6.07) is 5.52. The minimum atomic E-state index is 0.0606. The first-order valence-electron chi connectivity index (χ1n) is 6.32. The number of hydrogen-bond acceptors (Lipinski definition) is 3. The third kappa shape index (κ3) is 3.56. The van der Waals surface area contributed by atoms with Crippen molar-refractivity contribution in [2.75, 3.05) is 26.2 Å². The van der Waals surface area contributed by atoms with Crippen LogP contribution >= 0.6 is 15.9 Å². The number of ketones is 1. The van der Waals surface area contributed by atoms with Crippen LogP contribution < -0.4 is 4.74 Å². The lowest BCUT2D eigenvalue weighted by atomic mass is 10.1. The Morgan fingerprint density at radius 2 is 2.11 bits per heavy atom. The van der Waals surface area contributed by atoms with Crippen LogP contribution in [0.15, 0.2) is 22.7 Å². The minimum Gasteiger partial charge on any atom is -0.492 e. The Hall–Kier alpha value is -0.870. The lowest BCUT2D eigenvalue weighted by molar-refractivity contribution is 0.101. The molecule has 0 aliphatic carbocycles. The van der Waals surface area contributed by atoms with Crippen molar-refractivity contribution in [3.05, 3.63) is 28.2 Å². The molecule has 1 fully saturated rings. The number of rotatable bonds is 5. The summed E-state index contributed by atoms with van der Waals surface area (Å²) in [5, 5.41) is 0. The predicted octanol–water partition coefficient (Wildman–Crippen LogP) is 3.13. The Labute approximate surface area is 116 Å². The Morgan fingerprint density at radius 3 is 2.72 bits per heavy atom. The zero-order valence-electron chi connectivity index (χ0n) is 10.6. The van der Waals surface area contributed by atoms with Gasteiger partial charge in [-0.15, -0.1) is 0 Å². The molecule has 18 heavy (non-hydrogen) atoms. The van der Waals surface area contributed by atoms with E-state index in [2.05, 4.69) is 20.8 Å². The molecule has 4 heteroatoms. The van der Waals surface area contributed by atoms with Crippen LogP contribution in [0.1, 0.15) is 30.1 Å². The Balaban J connectivity index is 1.85. The van der Waals surface area contributed by atoms with E-state index in [1.165, 1.54) is 25.9 Å². The summed E-state index contributed by atoms with van der Waals surface area (Å²) in [7, 11) is 0. The van der Waals surface area contributed by atoms with Gasteiger partial charge < -0.3 is 4.74 Å². The molecule has 0 bridgehead atoms. The van der Waals surface area contributed by atoms with E-state index >= 15 is 0 Å². The number of ether oxygens (including phenoxy) is 1. The normalized spacial score (nSPS) is 15.9. The van der Waals surface area contributed by atoms with E-state index in [0.717, 1.165) is 16.8 Å². The molecule has 98 valence electrons. The van der Waals surface area contributed by atoms with Gasteiger partial charge in [0.2, 0.25) is 0 Å². The van der Waals surface area contributed by atoms with Crippen LogP contribution in [0.4, 0.5) is 0 Å². The first-order valence-corrected chi connectivity index (χ1v) is 7.12. The molecule has 1 heterocycles. The minimum absolute atomic E-state index is 0.0606. The molecule has 1 aliphatic rings. The topological polar surface area (TPSA) is 29.5 Å². The van der Waals surface area contributed by atoms with Gasteiger partial charge in [0.15, 0.2) is 5.78 Å². The van der Waals surface area contributed by atoms with E-state index < -0.39 is 0 Å². The number of benzene rings is 1. The van der Waals surface area contributed by atoms with Crippen LogP contribution in [-0.2, 0) is 0 Å². The van der Waals surface area contributed by atoms with Gasteiger partial charge in [0.25, 0.3) is 0 Å². The third-order valence-electron chi connectivity index (χ3n) is 3.19. The Morgan fingerprint density at radius 1 is 1.39 bits per heavy atom. The van der Waals surface area contributed by atoms with Crippen LogP contribution in [-0.4, -0.2) is 36.9 Å². The van der Waals surface area contributed by atoms with Gasteiger partial charge in [-0.1, -0.05) is 0 Å². The maximum Gasteiger partial charge on any atom is 0.160 e. The van der Waals surface area contributed by atoms with Crippen molar-refractivity contribution in [1.82, 2.24) is 4.90 Å². The molecule has 0 unspecified atom stereocenters. The summed E-state index contributed by atoms with van der Waals surface area (Å²) >= 11 is 3.39. The van der Waals surface area contributed by atoms with Crippen LogP contribution in [0.5, 0.6) is 5.75 Å². The second-order valence-electron chi connectivity index (χ2n) is 4.60. The van der Waals surface area contributed by atoms with Crippen molar-refractivity contribution in [3.63, 3.8) is 0 Å². The summed E-state index contributed by atoms with van der Waals surface area (Å²) in [5.74, 6) is 0.872. The highest BCUT2D eigenvalue weighted by Crippen LogP contribution is 2.23. The lowest BCUT2D eigenvalue weighted by Crippen LogP contribution is -2.25.